The molecule has 0 spiro atoms. The normalized spacial score (nSPS) is 21.2. The van der Waals surface area contributed by atoms with Crippen LogP contribution in [-0.4, -0.2) is 43.1 Å². The maximum atomic E-state index is 13.1. The molecule has 1 atom stereocenters. The highest BCUT2D eigenvalue weighted by Crippen LogP contribution is 2.29. The summed E-state index contributed by atoms with van der Waals surface area (Å²) >= 11 is 0. The molecule has 2 aliphatic heterocycles. The zero-order valence-electron chi connectivity index (χ0n) is 15.0. The molecule has 1 saturated heterocycles. The Morgan fingerprint density at radius 3 is 2.44 bits per heavy atom. The molecule has 0 bridgehead atoms. The zero-order valence-corrected chi connectivity index (χ0v) is 15.0. The Kier molecular flexibility index (Phi) is 5.08. The number of hydrogen-bond donors (Lipinski definition) is 2. The number of benzene rings is 1. The van der Waals surface area contributed by atoms with Crippen LogP contribution in [0.4, 0.5) is 4.79 Å². The lowest BCUT2D eigenvalue weighted by atomic mass is 9.92. The predicted octanol–water partition coefficient (Wildman–Crippen LogP) is 2.30. The summed E-state index contributed by atoms with van der Waals surface area (Å²) in [4.78, 5) is 26.8. The summed E-state index contributed by atoms with van der Waals surface area (Å²) in [6, 6.07) is 7.37. The number of urea groups is 1. The quantitative estimate of drug-likeness (QED) is 0.885. The van der Waals surface area contributed by atoms with Gasteiger partial charge in [-0.05, 0) is 24.0 Å². The first-order valence-corrected chi connectivity index (χ1v) is 8.72. The van der Waals surface area contributed by atoms with Gasteiger partial charge in [0.25, 0.3) is 5.91 Å². The average Bonchev–Trinajstić information content (AvgIpc) is 2.61. The van der Waals surface area contributed by atoms with Crippen molar-refractivity contribution in [2.75, 3.05) is 26.3 Å². The highest BCUT2D eigenvalue weighted by molar-refractivity contribution is 5.98. The van der Waals surface area contributed by atoms with Crippen molar-refractivity contribution < 1.29 is 14.3 Å². The SMILES string of the molecule is CC1=C(C(=O)N2CCOCC2)C(c2ccc(C(C)C)cc2)NC(=O)N1. The third-order valence-corrected chi connectivity index (χ3v) is 4.73. The van der Waals surface area contributed by atoms with Crippen LogP contribution in [0.15, 0.2) is 35.5 Å². The summed E-state index contributed by atoms with van der Waals surface area (Å²) in [5, 5.41) is 5.62. The second kappa shape index (κ2) is 7.27. The van der Waals surface area contributed by atoms with Gasteiger partial charge in [-0.25, -0.2) is 4.79 Å². The number of rotatable bonds is 3. The van der Waals surface area contributed by atoms with Gasteiger partial charge in [-0.2, -0.15) is 0 Å². The Labute approximate surface area is 148 Å². The van der Waals surface area contributed by atoms with Crippen molar-refractivity contribution in [1.82, 2.24) is 15.5 Å². The molecule has 1 fully saturated rings. The van der Waals surface area contributed by atoms with Crippen LogP contribution in [0, 0.1) is 0 Å². The van der Waals surface area contributed by atoms with E-state index >= 15 is 0 Å². The third kappa shape index (κ3) is 3.69. The van der Waals surface area contributed by atoms with Crippen LogP contribution < -0.4 is 10.6 Å². The average molecular weight is 343 g/mol. The number of morpholine rings is 1. The Balaban J connectivity index is 1.93. The van der Waals surface area contributed by atoms with E-state index in [1.807, 2.05) is 12.1 Å². The van der Waals surface area contributed by atoms with E-state index in [0.717, 1.165) is 5.56 Å². The standard InChI is InChI=1S/C19H25N3O3/c1-12(2)14-4-6-15(7-5-14)17-16(13(3)20-19(24)21-17)18(23)22-8-10-25-11-9-22/h4-7,12,17H,8-11H2,1-3H3,(H2,20,21,24). The molecule has 3 amide bonds. The number of hydrogen-bond acceptors (Lipinski definition) is 3. The van der Waals surface area contributed by atoms with E-state index in [9.17, 15) is 9.59 Å². The summed E-state index contributed by atoms with van der Waals surface area (Å²) in [5.74, 6) is 0.384. The van der Waals surface area contributed by atoms with E-state index in [1.165, 1.54) is 5.56 Å². The first kappa shape index (κ1) is 17.5. The van der Waals surface area contributed by atoms with E-state index in [2.05, 4.69) is 36.6 Å². The molecule has 0 saturated carbocycles. The van der Waals surface area contributed by atoms with E-state index in [0.29, 0.717) is 43.5 Å². The summed E-state index contributed by atoms with van der Waals surface area (Å²) in [6.45, 7) is 8.29. The first-order chi connectivity index (χ1) is 12.0. The van der Waals surface area contributed by atoms with Gasteiger partial charge in [0.2, 0.25) is 0 Å². The summed E-state index contributed by atoms with van der Waals surface area (Å²) in [6.07, 6.45) is 0. The minimum Gasteiger partial charge on any atom is -0.378 e. The lowest BCUT2D eigenvalue weighted by molar-refractivity contribution is -0.131. The van der Waals surface area contributed by atoms with Crippen molar-refractivity contribution in [2.45, 2.75) is 32.7 Å². The number of nitrogens with one attached hydrogen (secondary N) is 2. The van der Waals surface area contributed by atoms with E-state index < -0.39 is 6.04 Å². The zero-order chi connectivity index (χ0) is 18.0. The number of ether oxygens (including phenoxy) is 1. The van der Waals surface area contributed by atoms with Gasteiger partial charge in [-0.15, -0.1) is 0 Å². The maximum absolute atomic E-state index is 13.1. The Hall–Kier alpha value is -2.34. The Morgan fingerprint density at radius 2 is 1.84 bits per heavy atom. The van der Waals surface area contributed by atoms with Gasteiger partial charge in [-0.1, -0.05) is 38.1 Å². The molecule has 25 heavy (non-hydrogen) atoms. The molecule has 1 aromatic carbocycles. The van der Waals surface area contributed by atoms with Crippen molar-refractivity contribution in [1.29, 1.82) is 0 Å². The molecule has 134 valence electrons. The van der Waals surface area contributed by atoms with E-state index in [4.69, 9.17) is 4.74 Å². The van der Waals surface area contributed by atoms with Crippen molar-refractivity contribution in [2.24, 2.45) is 0 Å². The smallest absolute Gasteiger partial charge is 0.319 e. The van der Waals surface area contributed by atoms with Crippen LogP contribution in [0.2, 0.25) is 0 Å². The summed E-state index contributed by atoms with van der Waals surface area (Å²) in [5.41, 5.74) is 3.35. The fraction of sp³-hybridized carbons (Fsp3) is 0.474. The number of nitrogens with zero attached hydrogens (tertiary/aromatic N) is 1. The third-order valence-electron chi connectivity index (χ3n) is 4.73. The van der Waals surface area contributed by atoms with Crippen LogP contribution in [0.25, 0.3) is 0 Å². The molecule has 6 nitrogen and oxygen atoms in total. The van der Waals surface area contributed by atoms with Gasteiger partial charge < -0.3 is 20.3 Å². The highest BCUT2D eigenvalue weighted by Gasteiger charge is 2.34. The molecule has 1 unspecified atom stereocenters. The van der Waals surface area contributed by atoms with Crippen LogP contribution in [0.1, 0.15) is 43.9 Å². The number of carbonyl (C=O) groups excluding carboxylic acids is 2. The molecule has 0 aromatic heterocycles. The number of allylic oxidation sites excluding steroid dienone is 1. The minimum absolute atomic E-state index is 0.0498. The van der Waals surface area contributed by atoms with Crippen LogP contribution in [0.3, 0.4) is 0 Å². The Bertz CT molecular complexity index is 688. The minimum atomic E-state index is -0.440. The van der Waals surface area contributed by atoms with Crippen LogP contribution in [0.5, 0.6) is 0 Å². The molecule has 6 heteroatoms. The summed E-state index contributed by atoms with van der Waals surface area (Å²) < 4.78 is 5.33. The molecule has 0 aliphatic carbocycles. The molecule has 3 rings (SSSR count). The lowest BCUT2D eigenvalue weighted by Crippen LogP contribution is -2.49. The van der Waals surface area contributed by atoms with Gasteiger partial charge >= 0.3 is 6.03 Å². The van der Waals surface area contributed by atoms with Crippen molar-refractivity contribution in [3.63, 3.8) is 0 Å². The topological polar surface area (TPSA) is 70.7 Å². The summed E-state index contributed by atoms with van der Waals surface area (Å²) in [7, 11) is 0. The van der Waals surface area contributed by atoms with Gasteiger partial charge in [-0.3, -0.25) is 4.79 Å². The molecule has 2 N–H and O–H groups in total. The molecule has 2 aliphatic rings. The van der Waals surface area contributed by atoms with E-state index in [-0.39, 0.29) is 11.9 Å². The van der Waals surface area contributed by atoms with Gasteiger partial charge in [0.1, 0.15) is 0 Å². The number of carbonyl (C=O) groups is 2. The first-order valence-electron chi connectivity index (χ1n) is 8.72. The lowest BCUT2D eigenvalue weighted by Gasteiger charge is -2.34. The Morgan fingerprint density at radius 1 is 1.20 bits per heavy atom. The monoisotopic (exact) mass is 343 g/mol. The molecule has 0 radical (unpaired) electrons. The van der Waals surface area contributed by atoms with Crippen LogP contribution >= 0.6 is 0 Å². The highest BCUT2D eigenvalue weighted by atomic mass is 16.5. The second-order valence-corrected chi connectivity index (χ2v) is 6.80. The second-order valence-electron chi connectivity index (χ2n) is 6.80. The fourth-order valence-corrected chi connectivity index (χ4v) is 3.24. The van der Waals surface area contributed by atoms with Crippen molar-refractivity contribution >= 4 is 11.9 Å². The molecule has 1 aromatic rings. The molecular weight excluding hydrogens is 318 g/mol. The van der Waals surface area contributed by atoms with Gasteiger partial charge in [0.05, 0.1) is 24.8 Å². The van der Waals surface area contributed by atoms with Crippen molar-refractivity contribution in [3.05, 3.63) is 46.7 Å². The maximum Gasteiger partial charge on any atom is 0.319 e. The van der Waals surface area contributed by atoms with Gasteiger partial charge in [0, 0.05) is 18.8 Å². The fourth-order valence-electron chi connectivity index (χ4n) is 3.24. The largest absolute Gasteiger partial charge is 0.378 e. The molecule has 2 heterocycles. The van der Waals surface area contributed by atoms with Gasteiger partial charge in [0.15, 0.2) is 0 Å². The number of amides is 3. The van der Waals surface area contributed by atoms with E-state index in [1.54, 1.807) is 11.8 Å². The van der Waals surface area contributed by atoms with Crippen LogP contribution in [-0.2, 0) is 9.53 Å². The molecular formula is C19H25N3O3. The van der Waals surface area contributed by atoms with Crippen molar-refractivity contribution in [3.8, 4) is 0 Å². The predicted molar refractivity (Wildman–Crippen MR) is 95.0 cm³/mol.